The van der Waals surface area contributed by atoms with Crippen LogP contribution in [0.25, 0.3) is 11.2 Å². The number of rotatable bonds is 28. The maximum Gasteiger partial charge on any atom is 0.326 e. The Hall–Kier alpha value is -4.55. The molecule has 1 aromatic carbocycles. The van der Waals surface area contributed by atoms with Crippen LogP contribution >= 0.6 is 0 Å². The van der Waals surface area contributed by atoms with Gasteiger partial charge in [-0.05, 0) is 49.4 Å². The third-order valence-corrected chi connectivity index (χ3v) is 7.86. The lowest BCUT2D eigenvalue weighted by molar-refractivity contribution is -0.139. The van der Waals surface area contributed by atoms with E-state index in [2.05, 4.69) is 39.1 Å². The highest BCUT2D eigenvalue weighted by molar-refractivity contribution is 5.97. The number of amides is 1. The molecule has 17 nitrogen and oxygen atoms in total. The number of hydrogen-bond donors (Lipinski definition) is 4. The van der Waals surface area contributed by atoms with Crippen molar-refractivity contribution in [3.8, 4) is 0 Å². The zero-order valence-corrected chi connectivity index (χ0v) is 31.0. The molecule has 6 N–H and O–H groups in total. The first-order valence-electron chi connectivity index (χ1n) is 17.8. The molecule has 0 spiro atoms. The molecule has 0 saturated heterocycles. The Labute approximate surface area is 310 Å². The van der Waals surface area contributed by atoms with Gasteiger partial charge in [-0.25, -0.2) is 14.8 Å². The van der Waals surface area contributed by atoms with Gasteiger partial charge in [-0.2, -0.15) is 9.97 Å². The number of benzene rings is 1. The van der Waals surface area contributed by atoms with Gasteiger partial charge in [0.25, 0.3) is 5.91 Å². The summed E-state index contributed by atoms with van der Waals surface area (Å²) < 4.78 is 27.4. The molecule has 1 unspecified atom stereocenters. The standard InChI is InChI=1S/C36H54N8O9/c1-25(2)12-14-50-16-18-52-20-22-53-21-19-51-17-15-49-13-4-5-29(45)10-11-30(35(47)48)41-34(46)26-6-8-28(9-7-26)44(3)24-27-23-39-33-31(40-27)32(37)42-36(38)43-33/h6-9,23,25,30H,4-5,10-22,24H2,1-3H3,(H,41,46)(H,47,48)(H4,37,38,39,42,43). The molecule has 292 valence electrons. The number of carboxylic acid groups (broad SMARTS) is 1. The summed E-state index contributed by atoms with van der Waals surface area (Å²) >= 11 is 0. The molecular weight excluding hydrogens is 688 g/mol. The highest BCUT2D eigenvalue weighted by atomic mass is 16.6. The number of nitrogens with two attached hydrogens (primary N) is 2. The first-order valence-corrected chi connectivity index (χ1v) is 17.8. The van der Waals surface area contributed by atoms with Crippen LogP contribution in [-0.2, 0) is 39.8 Å². The molecular formula is C36H54N8O9. The summed E-state index contributed by atoms with van der Waals surface area (Å²) in [5.41, 5.74) is 13.9. The Kier molecular flexibility index (Phi) is 19.3. The number of anilines is 3. The second kappa shape index (κ2) is 23.9. The van der Waals surface area contributed by atoms with E-state index in [9.17, 15) is 19.5 Å². The van der Waals surface area contributed by atoms with Crippen LogP contribution in [0.2, 0.25) is 0 Å². The van der Waals surface area contributed by atoms with Crippen LogP contribution in [0.4, 0.5) is 17.5 Å². The second-order valence-electron chi connectivity index (χ2n) is 12.7. The van der Waals surface area contributed by atoms with Gasteiger partial charge < -0.3 is 50.5 Å². The SMILES string of the molecule is CC(C)CCOCCOCCOCCOCCOCCCC(=O)CCC(NC(=O)c1ccc(N(C)Cc2cnc3nc(N)nc(N)c3n2)cc1)C(=O)O. The predicted molar refractivity (Wildman–Crippen MR) is 198 cm³/mol. The predicted octanol–water partition coefficient (Wildman–Crippen LogP) is 2.66. The molecule has 17 heteroatoms. The van der Waals surface area contributed by atoms with Gasteiger partial charge in [0, 0.05) is 44.4 Å². The largest absolute Gasteiger partial charge is 0.480 e. The van der Waals surface area contributed by atoms with Crippen molar-refractivity contribution in [1.82, 2.24) is 25.3 Å². The van der Waals surface area contributed by atoms with Crippen LogP contribution in [0, 0.1) is 5.92 Å². The van der Waals surface area contributed by atoms with Crippen molar-refractivity contribution in [1.29, 1.82) is 0 Å². The van der Waals surface area contributed by atoms with Crippen molar-refractivity contribution in [2.24, 2.45) is 5.92 Å². The van der Waals surface area contributed by atoms with Crippen LogP contribution in [0.15, 0.2) is 30.5 Å². The fraction of sp³-hybridized carbons (Fsp3) is 0.583. The molecule has 0 aliphatic heterocycles. The maximum absolute atomic E-state index is 12.9. The van der Waals surface area contributed by atoms with E-state index in [1.165, 1.54) is 0 Å². The first-order chi connectivity index (χ1) is 25.5. The number of nitrogens with one attached hydrogen (secondary N) is 1. The van der Waals surface area contributed by atoms with E-state index in [1.54, 1.807) is 30.5 Å². The quantitative estimate of drug-likeness (QED) is 0.0783. The highest BCUT2D eigenvalue weighted by Crippen LogP contribution is 2.19. The third-order valence-electron chi connectivity index (χ3n) is 7.86. The number of fused-ring (bicyclic) bond motifs is 1. The Morgan fingerprint density at radius 1 is 0.792 bits per heavy atom. The molecule has 3 rings (SSSR count). The Morgan fingerprint density at radius 2 is 1.38 bits per heavy atom. The van der Waals surface area contributed by atoms with Crippen molar-refractivity contribution in [3.63, 3.8) is 0 Å². The minimum absolute atomic E-state index is 0.0163. The van der Waals surface area contributed by atoms with Crippen molar-refractivity contribution in [2.75, 3.05) is 89.5 Å². The summed E-state index contributed by atoms with van der Waals surface area (Å²) in [6, 6.07) is 5.44. The average molecular weight is 743 g/mol. The summed E-state index contributed by atoms with van der Waals surface area (Å²) in [6.07, 6.45) is 3.36. The van der Waals surface area contributed by atoms with Crippen molar-refractivity contribution in [2.45, 2.75) is 58.5 Å². The second-order valence-corrected chi connectivity index (χ2v) is 12.7. The number of nitrogen functional groups attached to an aromatic ring is 2. The van der Waals surface area contributed by atoms with Gasteiger partial charge >= 0.3 is 5.97 Å². The zero-order chi connectivity index (χ0) is 38.4. The zero-order valence-electron chi connectivity index (χ0n) is 31.0. The van der Waals surface area contributed by atoms with Gasteiger partial charge in [0.05, 0.1) is 71.3 Å². The number of carbonyl (C=O) groups excluding carboxylic acids is 2. The molecule has 0 radical (unpaired) electrons. The van der Waals surface area contributed by atoms with E-state index in [-0.39, 0.29) is 42.4 Å². The minimum atomic E-state index is -1.22. The summed E-state index contributed by atoms with van der Waals surface area (Å²) in [7, 11) is 1.84. The lowest BCUT2D eigenvalue weighted by atomic mass is 10.1. The monoisotopic (exact) mass is 742 g/mol. The molecule has 2 heterocycles. The summed E-state index contributed by atoms with van der Waals surface area (Å²) in [5.74, 6) is -1.09. The Bertz CT molecular complexity index is 1560. The molecule has 0 aliphatic rings. The van der Waals surface area contributed by atoms with Crippen molar-refractivity contribution < 1.29 is 43.2 Å². The average Bonchev–Trinajstić information content (AvgIpc) is 3.12. The summed E-state index contributed by atoms with van der Waals surface area (Å²) in [5, 5.41) is 12.2. The van der Waals surface area contributed by atoms with Gasteiger partial charge in [0.2, 0.25) is 5.95 Å². The van der Waals surface area contributed by atoms with Crippen LogP contribution in [0.1, 0.15) is 62.0 Å². The first kappa shape index (κ1) is 42.9. The minimum Gasteiger partial charge on any atom is -0.480 e. The number of ketones is 1. The topological polar surface area (TPSA) is 236 Å². The molecule has 2 aromatic heterocycles. The van der Waals surface area contributed by atoms with Gasteiger partial charge in [-0.15, -0.1) is 0 Å². The molecule has 53 heavy (non-hydrogen) atoms. The number of aromatic nitrogens is 4. The number of carbonyl (C=O) groups is 3. The molecule has 0 saturated carbocycles. The molecule has 0 bridgehead atoms. The summed E-state index contributed by atoms with van der Waals surface area (Å²) in [6.45, 7) is 9.67. The van der Waals surface area contributed by atoms with E-state index in [0.717, 1.165) is 18.7 Å². The smallest absolute Gasteiger partial charge is 0.326 e. The van der Waals surface area contributed by atoms with Gasteiger partial charge in [-0.3, -0.25) is 9.59 Å². The summed E-state index contributed by atoms with van der Waals surface area (Å²) in [4.78, 5) is 55.7. The molecule has 1 atom stereocenters. The highest BCUT2D eigenvalue weighted by Gasteiger charge is 2.22. The lowest BCUT2D eigenvalue weighted by Crippen LogP contribution is -2.41. The number of ether oxygens (including phenoxy) is 5. The molecule has 0 aliphatic carbocycles. The van der Waals surface area contributed by atoms with Crippen molar-refractivity contribution in [3.05, 3.63) is 41.7 Å². The van der Waals surface area contributed by atoms with E-state index in [1.807, 2.05) is 11.9 Å². The normalized spacial score (nSPS) is 11.9. The van der Waals surface area contributed by atoms with Gasteiger partial charge in [-0.1, -0.05) is 13.8 Å². The van der Waals surface area contributed by atoms with Gasteiger partial charge in [0.1, 0.15) is 11.8 Å². The van der Waals surface area contributed by atoms with E-state index in [0.29, 0.717) is 95.2 Å². The van der Waals surface area contributed by atoms with Crippen LogP contribution in [0.3, 0.4) is 0 Å². The number of hydrogen-bond acceptors (Lipinski definition) is 15. The van der Waals surface area contributed by atoms with Crippen LogP contribution < -0.4 is 21.7 Å². The number of Topliss-reactive ketones (excluding diaryl/α,β-unsaturated/α-hetero) is 1. The number of nitrogens with zero attached hydrogens (tertiary/aromatic N) is 5. The lowest BCUT2D eigenvalue weighted by Gasteiger charge is -2.19. The number of carboxylic acids is 1. The fourth-order valence-corrected chi connectivity index (χ4v) is 4.86. The van der Waals surface area contributed by atoms with Crippen LogP contribution in [0.5, 0.6) is 0 Å². The molecule has 0 fully saturated rings. The van der Waals surface area contributed by atoms with Crippen molar-refractivity contribution >= 4 is 46.3 Å². The van der Waals surface area contributed by atoms with Crippen LogP contribution in [-0.4, -0.2) is 122 Å². The number of aliphatic carboxylic acids is 1. The fourth-order valence-electron chi connectivity index (χ4n) is 4.86. The Balaban J connectivity index is 1.23. The van der Waals surface area contributed by atoms with Gasteiger partial charge in [0.15, 0.2) is 17.0 Å². The third kappa shape index (κ3) is 16.8. The maximum atomic E-state index is 12.9. The molecule has 1 amide bonds. The van der Waals surface area contributed by atoms with E-state index >= 15 is 0 Å². The Morgan fingerprint density at radius 3 is 1.96 bits per heavy atom. The molecule has 3 aromatic rings. The van der Waals surface area contributed by atoms with E-state index in [4.69, 9.17) is 35.2 Å². The van der Waals surface area contributed by atoms with E-state index < -0.39 is 17.9 Å².